The molecule has 0 nitrogen and oxygen atoms in total. The quantitative estimate of drug-likeness (QED) is 0.633. The summed E-state index contributed by atoms with van der Waals surface area (Å²) in [6, 6.07) is 8.61. The van der Waals surface area contributed by atoms with Crippen molar-refractivity contribution in [3.63, 3.8) is 0 Å². The summed E-state index contributed by atoms with van der Waals surface area (Å²) in [5.41, 5.74) is 1.05. The lowest BCUT2D eigenvalue weighted by Gasteiger charge is -2.11. The Morgan fingerprint density at radius 2 is 2.08 bits per heavy atom. The molecule has 0 heterocycles. The molecule has 1 aromatic rings. The van der Waals surface area contributed by atoms with Crippen molar-refractivity contribution >= 4 is 59.4 Å². The van der Waals surface area contributed by atoms with Crippen LogP contribution in [0.1, 0.15) is 5.56 Å². The molecule has 0 saturated heterocycles. The average Bonchev–Trinajstić information content (AvgIpc) is 1.82. The molecule has 65 valence electrons. The first kappa shape index (κ1) is 11.0. The molecule has 0 aliphatic heterocycles. The van der Waals surface area contributed by atoms with Gasteiger partial charge >= 0.3 is 0 Å². The highest BCUT2D eigenvalue weighted by molar-refractivity contribution is 9.39. The first-order valence-electron chi connectivity index (χ1n) is 3.20. The number of hydrogen-bond acceptors (Lipinski definition) is 0. The van der Waals surface area contributed by atoms with Crippen LogP contribution in [-0.4, -0.2) is 2.14 Å². The molecule has 0 aliphatic carbocycles. The summed E-state index contributed by atoms with van der Waals surface area (Å²) in [4.78, 5) is 0. The highest BCUT2D eigenvalue weighted by Crippen LogP contribution is 2.37. The zero-order chi connectivity index (χ0) is 9.19. The molecule has 0 aliphatic rings. The Morgan fingerprint density at radius 3 is 2.58 bits per heavy atom. The summed E-state index contributed by atoms with van der Waals surface area (Å²) < 4.78 is -0.256. The van der Waals surface area contributed by atoms with Crippen molar-refractivity contribution in [2.45, 2.75) is 8.56 Å². The maximum atomic E-state index is 5.81. The normalized spacial score (nSPS) is 11.7. The third kappa shape index (κ3) is 4.26. The lowest BCUT2D eigenvalue weighted by Crippen LogP contribution is -2.04. The van der Waals surface area contributed by atoms with Gasteiger partial charge < -0.3 is 0 Å². The predicted molar refractivity (Wildman–Crippen MR) is 63.5 cm³/mol. The van der Waals surface area contributed by atoms with Crippen LogP contribution >= 0.6 is 59.4 Å². The minimum Gasteiger partial charge on any atom is -0.0843 e. The molecule has 0 atom stereocenters. The van der Waals surface area contributed by atoms with Gasteiger partial charge in [0.25, 0.3) is 0 Å². The molecule has 0 amide bonds. The highest BCUT2D eigenvalue weighted by atomic mass is 80.0. The second-order valence-electron chi connectivity index (χ2n) is 2.32. The van der Waals surface area contributed by atoms with Gasteiger partial charge in [0.2, 0.25) is 0 Å². The van der Waals surface area contributed by atoms with Gasteiger partial charge in [0.15, 0.2) is 0 Å². The number of alkyl halides is 3. The molecule has 0 aromatic heterocycles. The molecule has 1 radical (unpaired) electrons. The van der Waals surface area contributed by atoms with Crippen molar-refractivity contribution in [2.75, 3.05) is 0 Å². The summed E-state index contributed by atoms with van der Waals surface area (Å²) in [5.74, 6) is 0. The zero-order valence-corrected chi connectivity index (χ0v) is 11.5. The van der Waals surface area contributed by atoms with Crippen molar-refractivity contribution in [2.24, 2.45) is 0 Å². The minimum atomic E-state index is -0.256. The molecule has 4 heteroatoms. The molecule has 0 saturated carbocycles. The molecule has 0 fully saturated rings. The largest absolute Gasteiger partial charge is 0.139 e. The number of halogens is 4. The number of hydrogen-bond donors (Lipinski definition) is 0. The van der Waals surface area contributed by atoms with Gasteiger partial charge in [0, 0.05) is 11.4 Å². The molecule has 12 heavy (non-hydrogen) atoms. The van der Waals surface area contributed by atoms with Gasteiger partial charge in [-0.1, -0.05) is 65.5 Å². The predicted octanol–water partition coefficient (Wildman–Crippen LogP) is 4.52. The van der Waals surface area contributed by atoms with Crippen molar-refractivity contribution in [1.82, 2.24) is 0 Å². The second kappa shape index (κ2) is 4.45. The Hall–Kier alpha value is 0.950. The van der Waals surface area contributed by atoms with E-state index in [9.17, 15) is 0 Å². The van der Waals surface area contributed by atoms with E-state index in [-0.39, 0.29) is 2.14 Å². The highest BCUT2D eigenvalue weighted by Gasteiger charge is 2.18. The Labute approximate surface area is 102 Å². The average molecular weight is 376 g/mol. The van der Waals surface area contributed by atoms with E-state index < -0.39 is 0 Å². The van der Waals surface area contributed by atoms with Crippen LogP contribution in [-0.2, 0) is 6.42 Å². The molecule has 1 aromatic carbocycles. The third-order valence-electron chi connectivity index (χ3n) is 1.21. The summed E-state index contributed by atoms with van der Waals surface area (Å²) in [6.07, 6.45) is 0.771. The van der Waals surface area contributed by atoms with E-state index in [0.29, 0.717) is 0 Å². The van der Waals surface area contributed by atoms with Crippen LogP contribution in [0.4, 0.5) is 0 Å². The first-order chi connectivity index (χ1) is 5.47. The van der Waals surface area contributed by atoms with E-state index in [0.717, 1.165) is 17.0 Å². The summed E-state index contributed by atoms with van der Waals surface area (Å²) in [5, 5.41) is 0.737. The maximum Gasteiger partial charge on any atom is 0.139 e. The van der Waals surface area contributed by atoms with Crippen molar-refractivity contribution < 1.29 is 0 Å². The van der Waals surface area contributed by atoms with Crippen LogP contribution < -0.4 is 0 Å². The second-order valence-corrected chi connectivity index (χ2v) is 10.0. The Morgan fingerprint density at radius 1 is 1.42 bits per heavy atom. The minimum absolute atomic E-state index is 0.256. The molecule has 0 N–H and O–H groups in total. The van der Waals surface area contributed by atoms with Crippen LogP contribution in [0.15, 0.2) is 18.2 Å². The van der Waals surface area contributed by atoms with Crippen LogP contribution in [0.2, 0.25) is 5.02 Å². The Kier molecular flexibility index (Phi) is 4.09. The van der Waals surface area contributed by atoms with Gasteiger partial charge in [-0.3, -0.25) is 0 Å². The molecule has 0 unspecified atom stereocenters. The standard InChI is InChI=1S/C8H5Br3Cl/c9-8(10,11)5-6-2-1-3-7(12)4-6/h1,3-4H,5H2. The van der Waals surface area contributed by atoms with Crippen LogP contribution in [0.5, 0.6) is 0 Å². The third-order valence-corrected chi connectivity index (χ3v) is 2.29. The summed E-state index contributed by atoms with van der Waals surface area (Å²) >= 11 is 16.0. The lowest BCUT2D eigenvalue weighted by molar-refractivity contribution is 1.09. The number of benzene rings is 1. The molecule has 0 spiro atoms. The smallest absolute Gasteiger partial charge is 0.0843 e. The summed E-state index contributed by atoms with van der Waals surface area (Å²) in [6.45, 7) is 0. The molecular weight excluding hydrogens is 371 g/mol. The Bertz CT molecular complexity index is 267. The van der Waals surface area contributed by atoms with Gasteiger partial charge in [-0.2, -0.15) is 0 Å². The van der Waals surface area contributed by atoms with Crippen LogP contribution in [0.25, 0.3) is 0 Å². The van der Waals surface area contributed by atoms with Gasteiger partial charge in [-0.05, 0) is 23.8 Å². The van der Waals surface area contributed by atoms with E-state index in [4.69, 9.17) is 11.6 Å². The van der Waals surface area contributed by atoms with Crippen molar-refractivity contribution in [3.8, 4) is 0 Å². The Balaban J connectivity index is 2.77. The van der Waals surface area contributed by atoms with Gasteiger partial charge in [0.05, 0.1) is 0 Å². The topological polar surface area (TPSA) is 0 Å². The van der Waals surface area contributed by atoms with E-state index in [1.165, 1.54) is 0 Å². The molecular formula is C8H5Br3Cl. The fraction of sp³-hybridized carbons (Fsp3) is 0.250. The fourth-order valence-corrected chi connectivity index (χ4v) is 1.90. The molecule has 0 bridgehead atoms. The van der Waals surface area contributed by atoms with E-state index >= 15 is 0 Å². The maximum absolute atomic E-state index is 5.81. The lowest BCUT2D eigenvalue weighted by atomic mass is 10.2. The monoisotopic (exact) mass is 373 g/mol. The van der Waals surface area contributed by atoms with Crippen LogP contribution in [0, 0.1) is 6.07 Å². The molecule has 1 rings (SSSR count). The van der Waals surface area contributed by atoms with E-state index in [1.54, 1.807) is 0 Å². The fourth-order valence-electron chi connectivity index (χ4n) is 0.803. The first-order valence-corrected chi connectivity index (χ1v) is 5.96. The van der Waals surface area contributed by atoms with E-state index in [2.05, 4.69) is 53.9 Å². The summed E-state index contributed by atoms with van der Waals surface area (Å²) in [7, 11) is 0. The van der Waals surface area contributed by atoms with Gasteiger partial charge in [-0.15, -0.1) is 0 Å². The zero-order valence-electron chi connectivity index (χ0n) is 5.95. The van der Waals surface area contributed by atoms with Crippen molar-refractivity contribution in [3.05, 3.63) is 34.9 Å². The van der Waals surface area contributed by atoms with Crippen molar-refractivity contribution in [1.29, 1.82) is 0 Å². The SMILES string of the molecule is Clc1cc[c]c(CC(Br)(Br)Br)c1. The number of rotatable bonds is 1. The van der Waals surface area contributed by atoms with E-state index in [1.807, 2.05) is 18.2 Å². The van der Waals surface area contributed by atoms with Crippen LogP contribution in [0.3, 0.4) is 0 Å². The van der Waals surface area contributed by atoms with Gasteiger partial charge in [0.1, 0.15) is 2.14 Å². The van der Waals surface area contributed by atoms with Gasteiger partial charge in [-0.25, -0.2) is 0 Å².